The van der Waals surface area contributed by atoms with E-state index in [0.29, 0.717) is 5.69 Å². The first kappa shape index (κ1) is 17.8. The van der Waals surface area contributed by atoms with Gasteiger partial charge in [0.15, 0.2) is 11.5 Å². The molecule has 9 nitrogen and oxygen atoms in total. The highest BCUT2D eigenvalue weighted by atomic mass is 16.5. The molecule has 1 atom stereocenters. The number of methoxy groups -OCH3 is 1. The van der Waals surface area contributed by atoms with Gasteiger partial charge in [0.1, 0.15) is 5.69 Å². The molecule has 9 heteroatoms. The number of aromatic hydroxyl groups is 2. The topological polar surface area (TPSA) is 121 Å². The summed E-state index contributed by atoms with van der Waals surface area (Å²) in [4.78, 5) is 16.2. The highest BCUT2D eigenvalue weighted by Crippen LogP contribution is 2.42. The molecular weight excluding hydrogens is 386 g/mol. The van der Waals surface area contributed by atoms with Crippen molar-refractivity contribution in [1.29, 1.82) is 0 Å². The second-order valence-corrected chi connectivity index (χ2v) is 6.84. The van der Waals surface area contributed by atoms with E-state index in [1.165, 1.54) is 19.2 Å². The van der Waals surface area contributed by atoms with E-state index in [9.17, 15) is 15.0 Å². The number of ether oxygens (including phenoxy) is 1. The average molecular weight is 403 g/mol. The monoisotopic (exact) mass is 403 g/mol. The highest BCUT2D eigenvalue weighted by Gasteiger charge is 2.28. The minimum atomic E-state index is -0.661. The summed E-state index contributed by atoms with van der Waals surface area (Å²) in [5, 5.41) is 30.1. The van der Waals surface area contributed by atoms with Gasteiger partial charge in [-0.1, -0.05) is 24.3 Å². The number of hydrogen-bond acceptors (Lipinski definition) is 7. The van der Waals surface area contributed by atoms with Crippen molar-refractivity contribution < 1.29 is 19.7 Å². The Bertz CT molecular complexity index is 1300. The quantitative estimate of drug-likeness (QED) is 0.378. The van der Waals surface area contributed by atoms with E-state index in [4.69, 9.17) is 0 Å². The smallest absolute Gasteiger partial charge is 0.413 e. The highest BCUT2D eigenvalue weighted by molar-refractivity contribution is 5.91. The van der Waals surface area contributed by atoms with E-state index in [1.807, 2.05) is 30.3 Å². The number of amides is 1. The van der Waals surface area contributed by atoms with Crippen LogP contribution >= 0.6 is 0 Å². The zero-order chi connectivity index (χ0) is 20.8. The normalized spacial score (nSPS) is 14.5. The Hall–Kier alpha value is -4.27. The fraction of sp³-hybridized carbons (Fsp3) is 0.0952. The lowest BCUT2D eigenvalue weighted by molar-refractivity contribution is 0.186. The molecule has 2 aromatic heterocycles. The van der Waals surface area contributed by atoms with Gasteiger partial charge in [0, 0.05) is 23.0 Å². The third-order valence-electron chi connectivity index (χ3n) is 5.07. The number of anilines is 2. The van der Waals surface area contributed by atoms with E-state index in [-0.39, 0.29) is 23.5 Å². The fourth-order valence-electron chi connectivity index (χ4n) is 3.70. The number of phenols is 2. The van der Waals surface area contributed by atoms with Gasteiger partial charge in [-0.2, -0.15) is 0 Å². The van der Waals surface area contributed by atoms with E-state index < -0.39 is 6.09 Å². The number of rotatable bonds is 2. The molecule has 0 radical (unpaired) electrons. The van der Waals surface area contributed by atoms with Crippen molar-refractivity contribution in [3.8, 4) is 22.8 Å². The van der Waals surface area contributed by atoms with Gasteiger partial charge in [-0.25, -0.2) is 14.3 Å². The van der Waals surface area contributed by atoms with Gasteiger partial charge < -0.3 is 20.3 Å². The van der Waals surface area contributed by atoms with Crippen molar-refractivity contribution in [1.82, 2.24) is 14.6 Å². The summed E-state index contributed by atoms with van der Waals surface area (Å²) in [7, 11) is 1.27. The van der Waals surface area contributed by atoms with Crippen LogP contribution in [-0.2, 0) is 4.74 Å². The zero-order valence-corrected chi connectivity index (χ0v) is 15.8. The Labute approximate surface area is 170 Å². The van der Waals surface area contributed by atoms with Gasteiger partial charge >= 0.3 is 6.09 Å². The van der Waals surface area contributed by atoms with Crippen LogP contribution < -0.4 is 10.6 Å². The number of phenolic OH excluding ortho intramolecular Hbond substituents is 2. The summed E-state index contributed by atoms with van der Waals surface area (Å²) in [6, 6.07) is 14.0. The molecule has 1 aliphatic heterocycles. The lowest BCUT2D eigenvalue weighted by atomic mass is 9.99. The third kappa shape index (κ3) is 2.75. The number of nitrogens with one attached hydrogen (secondary N) is 2. The van der Waals surface area contributed by atoms with Crippen molar-refractivity contribution in [2.75, 3.05) is 17.7 Å². The second-order valence-electron chi connectivity index (χ2n) is 6.84. The Morgan fingerprint density at radius 2 is 2.00 bits per heavy atom. The number of nitrogens with zero attached hydrogens (tertiary/aromatic N) is 3. The van der Waals surface area contributed by atoms with Gasteiger partial charge in [0.25, 0.3) is 5.95 Å². The van der Waals surface area contributed by atoms with Gasteiger partial charge in [-0.05, 0) is 29.8 Å². The first-order valence-electron chi connectivity index (χ1n) is 9.17. The maximum absolute atomic E-state index is 11.7. The third-order valence-corrected chi connectivity index (χ3v) is 5.07. The minimum Gasteiger partial charge on any atom is -0.504 e. The van der Waals surface area contributed by atoms with Crippen molar-refractivity contribution in [2.45, 2.75) is 6.04 Å². The van der Waals surface area contributed by atoms with Crippen LogP contribution in [0.5, 0.6) is 11.5 Å². The number of fused-ring (bicyclic) bond motifs is 2. The number of carbonyl (C=O) groups excluding carboxylic acids is 1. The maximum atomic E-state index is 11.7. The van der Waals surface area contributed by atoms with Crippen LogP contribution in [-0.4, -0.2) is 38.0 Å². The maximum Gasteiger partial charge on any atom is 0.413 e. The summed E-state index contributed by atoms with van der Waals surface area (Å²) in [5.41, 5.74) is 4.72. The molecule has 150 valence electrons. The summed E-state index contributed by atoms with van der Waals surface area (Å²) < 4.78 is 6.31. The zero-order valence-electron chi connectivity index (χ0n) is 15.8. The van der Waals surface area contributed by atoms with Gasteiger partial charge in [0.05, 0.1) is 18.7 Å². The van der Waals surface area contributed by atoms with Crippen LogP contribution in [0.15, 0.2) is 54.7 Å². The van der Waals surface area contributed by atoms with E-state index in [0.717, 1.165) is 27.9 Å². The van der Waals surface area contributed by atoms with Gasteiger partial charge in [0.2, 0.25) is 0 Å². The molecule has 3 heterocycles. The molecule has 0 spiro atoms. The summed E-state index contributed by atoms with van der Waals surface area (Å²) >= 11 is 0. The summed E-state index contributed by atoms with van der Waals surface area (Å²) in [6.07, 6.45) is 1.12. The van der Waals surface area contributed by atoms with E-state index in [2.05, 4.69) is 25.5 Å². The predicted octanol–water partition coefficient (Wildman–Crippen LogP) is 3.50. The van der Waals surface area contributed by atoms with Crippen LogP contribution in [0.3, 0.4) is 0 Å². The number of benzene rings is 2. The standard InChI is InChI=1S/C21H17N5O4/c1-30-21(29)24-20-23-18-12-4-2-3-5-14(12)22-17(11-6-7-15(27)16(28)10-11)13-8-9-26(25-20)19(13)18/h2-10,17,22,27-28H,1H3,(H,24,25,29). The van der Waals surface area contributed by atoms with Crippen molar-refractivity contribution in [2.24, 2.45) is 0 Å². The second kappa shape index (κ2) is 6.66. The molecule has 0 saturated heterocycles. The van der Waals surface area contributed by atoms with Crippen LogP contribution in [0.2, 0.25) is 0 Å². The number of carbonyl (C=O) groups is 1. The number of para-hydroxylation sites is 1. The molecule has 4 N–H and O–H groups in total. The largest absolute Gasteiger partial charge is 0.504 e. The molecule has 1 unspecified atom stereocenters. The Morgan fingerprint density at radius 3 is 2.80 bits per heavy atom. The molecule has 5 rings (SSSR count). The fourth-order valence-corrected chi connectivity index (χ4v) is 3.70. The molecule has 0 fully saturated rings. The molecule has 0 bridgehead atoms. The van der Waals surface area contributed by atoms with Crippen LogP contribution in [0.4, 0.5) is 16.4 Å². The molecule has 0 aliphatic carbocycles. The molecule has 2 aromatic carbocycles. The van der Waals surface area contributed by atoms with E-state index in [1.54, 1.807) is 16.8 Å². The van der Waals surface area contributed by atoms with E-state index >= 15 is 0 Å². The van der Waals surface area contributed by atoms with Gasteiger partial charge in [-0.15, -0.1) is 5.10 Å². The Balaban J connectivity index is 1.76. The molecule has 1 amide bonds. The Kier molecular flexibility index (Phi) is 3.95. The van der Waals surface area contributed by atoms with Crippen molar-refractivity contribution in [3.05, 3.63) is 65.9 Å². The molecule has 1 aliphatic rings. The number of aromatic nitrogens is 3. The number of hydrogen-bond donors (Lipinski definition) is 4. The first-order chi connectivity index (χ1) is 14.5. The van der Waals surface area contributed by atoms with Gasteiger partial charge in [-0.3, -0.25) is 5.32 Å². The lowest BCUT2D eigenvalue weighted by Crippen LogP contribution is -2.15. The van der Waals surface area contributed by atoms with Crippen LogP contribution in [0, 0.1) is 0 Å². The van der Waals surface area contributed by atoms with Crippen LogP contribution in [0.25, 0.3) is 16.8 Å². The summed E-state index contributed by atoms with van der Waals surface area (Å²) in [5.74, 6) is -0.268. The molecule has 30 heavy (non-hydrogen) atoms. The van der Waals surface area contributed by atoms with Crippen molar-refractivity contribution >= 4 is 23.2 Å². The lowest BCUT2D eigenvalue weighted by Gasteiger charge is -2.19. The Morgan fingerprint density at radius 1 is 1.17 bits per heavy atom. The molecule has 4 aromatic rings. The molecular formula is C21H17N5O4. The average Bonchev–Trinajstić information content (AvgIpc) is 3.11. The van der Waals surface area contributed by atoms with Crippen molar-refractivity contribution in [3.63, 3.8) is 0 Å². The first-order valence-corrected chi connectivity index (χ1v) is 9.17. The predicted molar refractivity (Wildman–Crippen MR) is 110 cm³/mol. The van der Waals surface area contributed by atoms with Crippen LogP contribution in [0.1, 0.15) is 17.2 Å². The SMILES string of the molecule is COC(=O)Nc1nc2c3c(ccn3n1)C(c1ccc(O)c(O)c1)Nc1ccccc1-2. The molecule has 0 saturated carbocycles. The summed E-state index contributed by atoms with van der Waals surface area (Å²) in [6.45, 7) is 0. The minimum absolute atomic E-state index is 0.113.